The molecule has 1 heterocycles. The lowest BCUT2D eigenvalue weighted by Crippen LogP contribution is -2.56. The van der Waals surface area contributed by atoms with Crippen LogP contribution >= 0.6 is 0 Å². The Morgan fingerprint density at radius 3 is 2.68 bits per heavy atom. The predicted octanol–water partition coefficient (Wildman–Crippen LogP) is 2.03. The summed E-state index contributed by atoms with van der Waals surface area (Å²) in [6, 6.07) is 9.46. The van der Waals surface area contributed by atoms with Crippen molar-refractivity contribution in [2.75, 3.05) is 5.88 Å². The first-order chi connectivity index (χ1) is 10.1. The summed E-state index contributed by atoms with van der Waals surface area (Å²) in [5.74, 6) is 0.596. The molecular formula is C16H22N2O3S. The minimum atomic E-state index is -3.56. The first kappa shape index (κ1) is 16.8. The Morgan fingerprint density at radius 1 is 1.41 bits per heavy atom. The summed E-state index contributed by atoms with van der Waals surface area (Å²) >= 11 is 0. The molecule has 0 saturated carbocycles. The van der Waals surface area contributed by atoms with Crippen LogP contribution in [0.5, 0.6) is 5.75 Å². The molecule has 1 aliphatic heterocycles. The largest absolute Gasteiger partial charge is 0.486 e. The molecule has 0 aliphatic carbocycles. The molecule has 0 aromatic heterocycles. The van der Waals surface area contributed by atoms with Crippen LogP contribution in [-0.2, 0) is 16.3 Å². The molecule has 1 aliphatic rings. The van der Waals surface area contributed by atoms with Gasteiger partial charge in [0.15, 0.2) is 14.6 Å². The standard InChI is InChI=1S/C16H22N2O3S/c1-15(2,10-17)22(19,20)11-18-14-9-12-7-5-6-8-13(12)21-16(14,3)4/h5-8,14,18H,9,11H2,1-4H3. The van der Waals surface area contributed by atoms with Crippen molar-refractivity contribution in [3.05, 3.63) is 29.8 Å². The third kappa shape index (κ3) is 3.11. The summed E-state index contributed by atoms with van der Waals surface area (Å²) < 4.78 is 29.1. The number of nitrogens with zero attached hydrogens (tertiary/aromatic N) is 1. The van der Waals surface area contributed by atoms with Gasteiger partial charge in [0.05, 0.1) is 12.1 Å². The lowest BCUT2D eigenvalue weighted by atomic mass is 9.89. The summed E-state index contributed by atoms with van der Waals surface area (Å²) in [4.78, 5) is 0. The topological polar surface area (TPSA) is 79.2 Å². The number of hydrogen-bond acceptors (Lipinski definition) is 5. The lowest BCUT2D eigenvalue weighted by Gasteiger charge is -2.40. The number of hydrogen-bond donors (Lipinski definition) is 1. The van der Waals surface area contributed by atoms with E-state index in [1.807, 2.05) is 44.2 Å². The van der Waals surface area contributed by atoms with Crippen molar-refractivity contribution >= 4 is 9.84 Å². The number of rotatable bonds is 4. The fourth-order valence-electron chi connectivity index (χ4n) is 2.37. The lowest BCUT2D eigenvalue weighted by molar-refractivity contribution is 0.0506. The molecule has 1 N–H and O–H groups in total. The SMILES string of the molecule is CC1(C)Oc2ccccc2CC1NCS(=O)(=O)C(C)(C)C#N. The molecule has 1 aromatic rings. The number of sulfone groups is 1. The monoisotopic (exact) mass is 322 g/mol. The zero-order chi connectivity index (χ0) is 16.6. The Labute approximate surface area is 132 Å². The van der Waals surface area contributed by atoms with Crippen LogP contribution in [0.3, 0.4) is 0 Å². The van der Waals surface area contributed by atoms with Crippen LogP contribution in [0.15, 0.2) is 24.3 Å². The number of benzene rings is 1. The second kappa shape index (κ2) is 5.56. The van der Waals surface area contributed by atoms with Gasteiger partial charge < -0.3 is 4.74 Å². The van der Waals surface area contributed by atoms with E-state index in [-0.39, 0.29) is 11.9 Å². The summed E-state index contributed by atoms with van der Waals surface area (Å²) in [5.41, 5.74) is 0.525. The number of ether oxygens (including phenoxy) is 1. The van der Waals surface area contributed by atoms with Crippen LogP contribution in [0.1, 0.15) is 33.3 Å². The van der Waals surface area contributed by atoms with Crippen molar-refractivity contribution in [3.63, 3.8) is 0 Å². The van der Waals surface area contributed by atoms with Gasteiger partial charge in [0, 0.05) is 0 Å². The maximum Gasteiger partial charge on any atom is 0.181 e. The van der Waals surface area contributed by atoms with Gasteiger partial charge in [-0.05, 0) is 45.7 Å². The number of fused-ring (bicyclic) bond motifs is 1. The molecular weight excluding hydrogens is 300 g/mol. The second-order valence-electron chi connectivity index (χ2n) is 6.66. The van der Waals surface area contributed by atoms with E-state index in [0.29, 0.717) is 6.42 Å². The average molecular weight is 322 g/mol. The molecule has 0 spiro atoms. The number of para-hydroxylation sites is 1. The normalized spacial score (nSPS) is 20.6. The first-order valence-electron chi connectivity index (χ1n) is 7.23. The molecule has 0 fully saturated rings. The van der Waals surface area contributed by atoms with Crippen molar-refractivity contribution in [2.45, 2.75) is 50.5 Å². The third-order valence-electron chi connectivity index (χ3n) is 4.18. The summed E-state index contributed by atoms with van der Waals surface area (Å²) in [6.07, 6.45) is 0.686. The van der Waals surface area contributed by atoms with E-state index in [1.54, 1.807) is 0 Å². The first-order valence-corrected chi connectivity index (χ1v) is 8.88. The second-order valence-corrected chi connectivity index (χ2v) is 9.19. The van der Waals surface area contributed by atoms with Gasteiger partial charge in [-0.2, -0.15) is 5.26 Å². The maximum absolute atomic E-state index is 12.3. The Bertz CT molecular complexity index is 702. The highest BCUT2D eigenvalue weighted by atomic mass is 32.2. The fourth-order valence-corrected chi connectivity index (χ4v) is 3.29. The van der Waals surface area contributed by atoms with Gasteiger partial charge in [0.2, 0.25) is 0 Å². The third-order valence-corrected chi connectivity index (χ3v) is 6.37. The Kier molecular flexibility index (Phi) is 4.24. The van der Waals surface area contributed by atoms with Gasteiger partial charge in [-0.25, -0.2) is 8.42 Å². The minimum Gasteiger partial charge on any atom is -0.486 e. The van der Waals surface area contributed by atoms with Crippen LogP contribution in [0.25, 0.3) is 0 Å². The molecule has 0 bridgehead atoms. The Hall–Kier alpha value is -1.58. The summed E-state index contributed by atoms with van der Waals surface area (Å²) in [6.45, 7) is 6.70. The molecule has 1 aromatic carbocycles. The van der Waals surface area contributed by atoms with Crippen molar-refractivity contribution in [1.29, 1.82) is 5.26 Å². The van der Waals surface area contributed by atoms with E-state index in [2.05, 4.69) is 5.32 Å². The highest BCUT2D eigenvalue weighted by molar-refractivity contribution is 7.92. The zero-order valence-electron chi connectivity index (χ0n) is 13.4. The van der Waals surface area contributed by atoms with Crippen molar-refractivity contribution in [3.8, 4) is 11.8 Å². The molecule has 0 saturated heterocycles. The van der Waals surface area contributed by atoms with E-state index < -0.39 is 20.2 Å². The van der Waals surface area contributed by atoms with Crippen molar-refractivity contribution in [1.82, 2.24) is 5.32 Å². The van der Waals surface area contributed by atoms with Gasteiger partial charge in [-0.1, -0.05) is 18.2 Å². The number of nitriles is 1. The quantitative estimate of drug-likeness (QED) is 0.917. The van der Waals surface area contributed by atoms with Crippen molar-refractivity contribution < 1.29 is 13.2 Å². The molecule has 6 heteroatoms. The Morgan fingerprint density at radius 2 is 2.05 bits per heavy atom. The van der Waals surface area contributed by atoms with Gasteiger partial charge in [0.1, 0.15) is 17.2 Å². The van der Waals surface area contributed by atoms with Crippen LogP contribution in [0.4, 0.5) is 0 Å². The van der Waals surface area contributed by atoms with Crippen LogP contribution in [-0.4, -0.2) is 30.7 Å². The highest BCUT2D eigenvalue weighted by Gasteiger charge is 2.39. The van der Waals surface area contributed by atoms with Crippen LogP contribution < -0.4 is 10.1 Å². The molecule has 0 radical (unpaired) electrons. The average Bonchev–Trinajstić information content (AvgIpc) is 2.44. The molecule has 2 rings (SSSR count). The molecule has 5 nitrogen and oxygen atoms in total. The molecule has 120 valence electrons. The van der Waals surface area contributed by atoms with E-state index in [4.69, 9.17) is 10.00 Å². The van der Waals surface area contributed by atoms with Crippen molar-refractivity contribution in [2.24, 2.45) is 0 Å². The van der Waals surface area contributed by atoms with Gasteiger partial charge in [-0.3, -0.25) is 5.32 Å². The van der Waals surface area contributed by atoms with Gasteiger partial charge in [-0.15, -0.1) is 0 Å². The number of nitrogens with one attached hydrogen (secondary N) is 1. The molecule has 1 unspecified atom stereocenters. The summed E-state index contributed by atoms with van der Waals surface area (Å²) in [7, 11) is -3.56. The maximum atomic E-state index is 12.3. The highest BCUT2D eigenvalue weighted by Crippen LogP contribution is 2.33. The zero-order valence-corrected chi connectivity index (χ0v) is 14.2. The van der Waals surface area contributed by atoms with Crippen LogP contribution in [0.2, 0.25) is 0 Å². The van der Waals surface area contributed by atoms with Gasteiger partial charge >= 0.3 is 0 Å². The van der Waals surface area contributed by atoms with E-state index in [0.717, 1.165) is 11.3 Å². The van der Waals surface area contributed by atoms with E-state index in [1.165, 1.54) is 13.8 Å². The smallest absolute Gasteiger partial charge is 0.181 e. The molecule has 1 atom stereocenters. The van der Waals surface area contributed by atoms with E-state index in [9.17, 15) is 8.42 Å². The summed E-state index contributed by atoms with van der Waals surface area (Å²) in [5, 5.41) is 12.1. The molecule has 0 amide bonds. The minimum absolute atomic E-state index is 0.147. The fraction of sp³-hybridized carbons (Fsp3) is 0.562. The molecule has 22 heavy (non-hydrogen) atoms. The van der Waals surface area contributed by atoms with E-state index >= 15 is 0 Å². The predicted molar refractivity (Wildman–Crippen MR) is 85.3 cm³/mol. The Balaban J connectivity index is 2.16. The van der Waals surface area contributed by atoms with Gasteiger partial charge in [0.25, 0.3) is 0 Å². The van der Waals surface area contributed by atoms with Crippen LogP contribution in [0, 0.1) is 11.3 Å².